The fraction of sp³-hybridized carbons (Fsp3) is 0.0714. The van der Waals surface area contributed by atoms with Crippen LogP contribution >= 0.6 is 0 Å². The van der Waals surface area contributed by atoms with Gasteiger partial charge in [0.15, 0.2) is 10.7 Å². The van der Waals surface area contributed by atoms with Gasteiger partial charge < -0.3 is 14.9 Å². The van der Waals surface area contributed by atoms with Crippen LogP contribution in [0.2, 0.25) is 0 Å². The fourth-order valence-electron chi connectivity index (χ4n) is 2.18. The van der Waals surface area contributed by atoms with Crippen molar-refractivity contribution in [1.82, 2.24) is 0 Å². The molecule has 0 aliphatic carbocycles. The molecule has 0 atom stereocenters. The second-order valence-corrected chi connectivity index (χ2v) is 7.58. The number of hydrogen-bond acceptors (Lipinski definition) is 8. The van der Waals surface area contributed by atoms with Crippen molar-refractivity contribution in [3.63, 3.8) is 0 Å². The number of benzene rings is 2. The Balaban J connectivity index is 0.00000364. The van der Waals surface area contributed by atoms with Crippen LogP contribution in [0, 0.1) is 0 Å². The Hall–Kier alpha value is -1.35. The summed E-state index contributed by atoms with van der Waals surface area (Å²) in [6, 6.07) is 8.64. The summed E-state index contributed by atoms with van der Waals surface area (Å²) in [6.07, 6.45) is 0. The zero-order chi connectivity index (χ0) is 19.7. The number of ketones is 1. The van der Waals surface area contributed by atoms with Crippen LogP contribution in [0.15, 0.2) is 52.3 Å². The number of hydrogen-bond donors (Lipinski definition) is 4. The van der Waals surface area contributed by atoms with E-state index in [-0.39, 0.29) is 35.1 Å². The topological polar surface area (TPSA) is 176 Å². The van der Waals surface area contributed by atoms with E-state index in [9.17, 15) is 30.7 Å². The molecular formula is C14H13NaO10S2. The first-order chi connectivity index (χ1) is 11.9. The standard InChI is InChI=1S/C14H12O10S2.Na.H/c15-11(8-4-2-1-3-5-8)9-6-7-10(24-14(16)17)13(26(21,22)23)12(9)25(18,19)20;;/h1-7,14,16-17H,(H,18,19,20)(H,21,22,23);;. The van der Waals surface area contributed by atoms with Crippen molar-refractivity contribution in [3.05, 3.63) is 53.6 Å². The van der Waals surface area contributed by atoms with E-state index in [2.05, 4.69) is 4.74 Å². The molecule has 0 unspecified atom stereocenters. The molecule has 2 rings (SSSR count). The Morgan fingerprint density at radius 2 is 1.37 bits per heavy atom. The number of carbonyl (C=O) groups excluding carboxylic acids is 1. The van der Waals surface area contributed by atoms with Gasteiger partial charge in [-0.15, -0.1) is 0 Å². The first kappa shape index (κ1) is 23.7. The van der Waals surface area contributed by atoms with Gasteiger partial charge in [-0.3, -0.25) is 13.9 Å². The molecule has 0 saturated heterocycles. The summed E-state index contributed by atoms with van der Waals surface area (Å²) in [5, 5.41) is 17.6. The summed E-state index contributed by atoms with van der Waals surface area (Å²) in [5.74, 6) is -1.97. The van der Waals surface area contributed by atoms with Gasteiger partial charge in [0.2, 0.25) is 0 Å². The number of rotatable bonds is 6. The van der Waals surface area contributed by atoms with Crippen molar-refractivity contribution in [2.75, 3.05) is 0 Å². The van der Waals surface area contributed by atoms with Crippen LogP contribution in [-0.2, 0) is 20.2 Å². The van der Waals surface area contributed by atoms with Crippen LogP contribution in [-0.4, -0.2) is 78.0 Å². The summed E-state index contributed by atoms with van der Waals surface area (Å²) < 4.78 is 69.9. The summed E-state index contributed by atoms with van der Waals surface area (Å²) in [7, 11) is -10.7. The van der Waals surface area contributed by atoms with Gasteiger partial charge in [0.1, 0.15) is 10.6 Å². The summed E-state index contributed by atoms with van der Waals surface area (Å²) in [6.45, 7) is -2.57. The van der Waals surface area contributed by atoms with E-state index in [0.717, 1.165) is 12.1 Å². The molecule has 0 bridgehead atoms. The van der Waals surface area contributed by atoms with E-state index in [1.54, 1.807) is 6.07 Å². The quantitative estimate of drug-likeness (QED) is 0.201. The molecule has 0 aromatic heterocycles. The Kier molecular flexibility index (Phi) is 7.69. The molecule has 0 aliphatic rings. The molecule has 0 aliphatic heterocycles. The summed E-state index contributed by atoms with van der Waals surface area (Å²) >= 11 is 0. The van der Waals surface area contributed by atoms with Gasteiger partial charge in [0, 0.05) is 11.1 Å². The van der Waals surface area contributed by atoms with Crippen LogP contribution in [0.3, 0.4) is 0 Å². The van der Waals surface area contributed by atoms with Gasteiger partial charge in [-0.05, 0) is 12.1 Å². The SMILES string of the molecule is O=C(c1ccccc1)c1ccc(OC(O)O)c(S(=O)(=O)O)c1S(=O)(=O)O.[NaH]. The van der Waals surface area contributed by atoms with E-state index in [0.29, 0.717) is 0 Å². The molecule has 0 radical (unpaired) electrons. The Morgan fingerprint density at radius 1 is 0.852 bits per heavy atom. The molecule has 0 amide bonds. The van der Waals surface area contributed by atoms with Crippen molar-refractivity contribution in [2.45, 2.75) is 16.3 Å². The van der Waals surface area contributed by atoms with Gasteiger partial charge in [-0.25, -0.2) is 0 Å². The maximum absolute atomic E-state index is 12.5. The van der Waals surface area contributed by atoms with Crippen molar-refractivity contribution in [3.8, 4) is 5.75 Å². The van der Waals surface area contributed by atoms with Crippen molar-refractivity contribution >= 4 is 55.6 Å². The normalized spacial score (nSPS) is 11.7. The molecule has 13 heteroatoms. The molecule has 0 heterocycles. The third-order valence-electron chi connectivity index (χ3n) is 3.10. The molecule has 0 saturated carbocycles. The molecule has 2 aromatic rings. The number of aliphatic hydroxyl groups excluding tert-OH is 1. The number of carbonyl (C=O) groups is 1. The molecule has 27 heavy (non-hydrogen) atoms. The van der Waals surface area contributed by atoms with Gasteiger partial charge >= 0.3 is 36.0 Å². The van der Waals surface area contributed by atoms with Crippen LogP contribution in [0.5, 0.6) is 5.75 Å². The van der Waals surface area contributed by atoms with E-state index < -0.39 is 53.6 Å². The van der Waals surface area contributed by atoms with Crippen molar-refractivity contribution in [1.29, 1.82) is 0 Å². The average molecular weight is 428 g/mol. The van der Waals surface area contributed by atoms with Crippen LogP contribution in [0.1, 0.15) is 15.9 Å². The predicted octanol–water partition coefficient (Wildman–Crippen LogP) is -0.591. The zero-order valence-electron chi connectivity index (χ0n) is 12.7. The third-order valence-corrected chi connectivity index (χ3v) is 5.10. The van der Waals surface area contributed by atoms with Crippen LogP contribution in [0.4, 0.5) is 0 Å². The second kappa shape index (κ2) is 8.77. The predicted molar refractivity (Wildman–Crippen MR) is 91.9 cm³/mol. The molecule has 0 spiro atoms. The zero-order valence-corrected chi connectivity index (χ0v) is 14.3. The molecule has 142 valence electrons. The van der Waals surface area contributed by atoms with Crippen LogP contribution < -0.4 is 4.74 Å². The first-order valence-corrected chi connectivity index (χ1v) is 9.55. The van der Waals surface area contributed by atoms with Gasteiger partial charge in [0.05, 0.1) is 0 Å². The summed E-state index contributed by atoms with van der Waals surface area (Å²) in [4.78, 5) is 9.58. The third kappa shape index (κ3) is 5.57. The first-order valence-electron chi connectivity index (χ1n) is 6.67. The van der Waals surface area contributed by atoms with Gasteiger partial charge in [-0.2, -0.15) is 16.8 Å². The number of aliphatic hydroxyl groups is 2. The van der Waals surface area contributed by atoms with E-state index >= 15 is 0 Å². The average Bonchev–Trinajstić information content (AvgIpc) is 2.52. The fourth-order valence-corrected chi connectivity index (χ4v) is 4.30. The maximum atomic E-state index is 12.5. The van der Waals surface area contributed by atoms with E-state index in [1.165, 1.54) is 24.3 Å². The number of ether oxygens (including phenoxy) is 1. The Bertz CT molecular complexity index is 1050. The van der Waals surface area contributed by atoms with Gasteiger partial charge in [0.25, 0.3) is 20.2 Å². The second-order valence-electron chi connectivity index (χ2n) is 4.86. The minimum absolute atomic E-state index is 0. The Morgan fingerprint density at radius 3 is 1.81 bits per heavy atom. The molecule has 2 aromatic carbocycles. The molecular weight excluding hydrogens is 415 g/mol. The molecule has 4 N–H and O–H groups in total. The van der Waals surface area contributed by atoms with Crippen LogP contribution in [0.25, 0.3) is 0 Å². The van der Waals surface area contributed by atoms with E-state index in [4.69, 9.17) is 10.2 Å². The van der Waals surface area contributed by atoms with Gasteiger partial charge in [-0.1, -0.05) is 30.3 Å². The molecule has 0 fully saturated rings. The van der Waals surface area contributed by atoms with Crippen molar-refractivity contribution in [2.24, 2.45) is 0 Å². The Labute approximate surface area is 176 Å². The van der Waals surface area contributed by atoms with E-state index in [1.807, 2.05) is 0 Å². The van der Waals surface area contributed by atoms with Crippen molar-refractivity contribution < 1.29 is 45.7 Å². The molecule has 10 nitrogen and oxygen atoms in total. The summed E-state index contributed by atoms with van der Waals surface area (Å²) in [5.41, 5.74) is -0.805. The minimum atomic E-state index is -5.37. The monoisotopic (exact) mass is 428 g/mol.